The van der Waals surface area contributed by atoms with E-state index in [0.29, 0.717) is 0 Å². The first-order chi connectivity index (χ1) is 24.3. The topological polar surface area (TPSA) is 29.5 Å². The van der Waals surface area contributed by atoms with E-state index in [0.717, 1.165) is 76.5 Å². The van der Waals surface area contributed by atoms with Gasteiger partial charge in [0.1, 0.15) is 16.9 Å². The summed E-state index contributed by atoms with van der Waals surface area (Å²) in [6.07, 6.45) is 0. The Hall–Kier alpha value is -5.58. The third-order valence-electron chi connectivity index (χ3n) is 9.76. The number of hydrogen-bond donors (Lipinski definition) is 0. The molecule has 242 valence electrons. The van der Waals surface area contributed by atoms with Crippen LogP contribution in [0.1, 0.15) is 26.3 Å². The summed E-state index contributed by atoms with van der Waals surface area (Å²) in [6.45, 7) is 6.76. The summed E-state index contributed by atoms with van der Waals surface area (Å²) in [5, 5.41) is 6.80. The number of nitrogens with zero attached hydrogens (tertiary/aromatic N) is 1. The van der Waals surface area contributed by atoms with E-state index in [1.165, 1.54) is 16.7 Å². The average Bonchev–Trinajstić information content (AvgIpc) is 3.75. The van der Waals surface area contributed by atoms with Gasteiger partial charge in [-0.3, -0.25) is 0 Å². The van der Waals surface area contributed by atoms with E-state index in [1.54, 1.807) is 0 Å². The second-order valence-electron chi connectivity index (χ2n) is 14.0. The first-order valence-corrected chi connectivity index (χ1v) is 17.7. The highest BCUT2D eigenvalue weighted by molar-refractivity contribution is 9.10. The Morgan fingerprint density at radius 3 is 1.72 bits per heavy atom. The largest absolute Gasteiger partial charge is 0.456 e. The smallest absolute Gasteiger partial charge is 0.170 e. The lowest BCUT2D eigenvalue weighted by Crippen LogP contribution is -2.13. The summed E-state index contributed by atoms with van der Waals surface area (Å²) in [5.74, 6) is 0.853. The lowest BCUT2D eigenvalue weighted by atomic mass is 9.87. The van der Waals surface area contributed by atoms with Gasteiger partial charge in [0.2, 0.25) is 0 Å². The molecule has 2 heterocycles. The van der Waals surface area contributed by atoms with Gasteiger partial charge in [0.25, 0.3) is 0 Å². The fourth-order valence-electron chi connectivity index (χ4n) is 7.07. The van der Waals surface area contributed by atoms with Crippen molar-refractivity contribution in [2.75, 3.05) is 4.90 Å². The number of furan rings is 2. The van der Waals surface area contributed by atoms with Crippen molar-refractivity contribution in [3.63, 3.8) is 0 Å². The average molecular weight is 713 g/mol. The molecule has 0 aliphatic rings. The van der Waals surface area contributed by atoms with Gasteiger partial charge >= 0.3 is 0 Å². The molecule has 0 atom stereocenters. The first kappa shape index (κ1) is 30.5. The highest BCUT2D eigenvalue weighted by Crippen LogP contribution is 2.40. The third-order valence-corrected chi connectivity index (χ3v) is 10.1. The number of hydrogen-bond acceptors (Lipinski definition) is 3. The molecule has 2 aromatic heterocycles. The number of benzene rings is 7. The van der Waals surface area contributed by atoms with Gasteiger partial charge in [-0.05, 0) is 138 Å². The molecule has 4 heteroatoms. The van der Waals surface area contributed by atoms with E-state index in [4.69, 9.17) is 8.83 Å². The van der Waals surface area contributed by atoms with Crippen molar-refractivity contribution < 1.29 is 8.83 Å². The lowest BCUT2D eigenvalue weighted by molar-refractivity contribution is 0.587. The van der Waals surface area contributed by atoms with E-state index >= 15 is 0 Å². The molecule has 0 fully saturated rings. The molecule has 0 amide bonds. The first-order valence-electron chi connectivity index (χ1n) is 16.9. The van der Waals surface area contributed by atoms with Crippen molar-refractivity contribution in [3.8, 4) is 22.5 Å². The minimum Gasteiger partial charge on any atom is -0.456 e. The summed E-state index contributed by atoms with van der Waals surface area (Å²) in [4.78, 5) is 2.34. The van der Waals surface area contributed by atoms with E-state index < -0.39 is 0 Å². The Morgan fingerprint density at radius 1 is 0.460 bits per heavy atom. The molecule has 0 spiro atoms. The second kappa shape index (κ2) is 11.8. The molecule has 0 bridgehead atoms. The fraction of sp³-hybridized carbons (Fsp3) is 0.0870. The van der Waals surface area contributed by atoms with E-state index in [-0.39, 0.29) is 5.41 Å². The van der Waals surface area contributed by atoms with Gasteiger partial charge in [-0.2, -0.15) is 0 Å². The van der Waals surface area contributed by atoms with E-state index in [1.807, 2.05) is 12.1 Å². The number of anilines is 3. The van der Waals surface area contributed by atoms with E-state index in [2.05, 4.69) is 181 Å². The van der Waals surface area contributed by atoms with Crippen LogP contribution in [-0.2, 0) is 5.41 Å². The number of fused-ring (bicyclic) bond motifs is 6. The monoisotopic (exact) mass is 711 g/mol. The Balaban J connectivity index is 1.10. The van der Waals surface area contributed by atoms with Gasteiger partial charge in [0.15, 0.2) is 4.67 Å². The normalized spacial score (nSPS) is 12.0. The van der Waals surface area contributed by atoms with Crippen molar-refractivity contribution in [3.05, 3.63) is 162 Å². The fourth-order valence-corrected chi connectivity index (χ4v) is 7.48. The molecule has 0 saturated heterocycles. The molecule has 0 N–H and O–H groups in total. The molecule has 0 aliphatic carbocycles. The summed E-state index contributed by atoms with van der Waals surface area (Å²) < 4.78 is 13.0. The minimum absolute atomic E-state index is 0.0814. The molecule has 0 radical (unpaired) electrons. The molecule has 0 saturated carbocycles. The van der Waals surface area contributed by atoms with Crippen LogP contribution in [0.15, 0.2) is 165 Å². The van der Waals surface area contributed by atoms with Crippen molar-refractivity contribution in [2.24, 2.45) is 0 Å². The number of rotatable bonds is 5. The molecular formula is C46H34BrNO2. The Labute approximate surface area is 299 Å². The van der Waals surface area contributed by atoms with Crippen LogP contribution < -0.4 is 4.90 Å². The zero-order valence-corrected chi connectivity index (χ0v) is 29.7. The van der Waals surface area contributed by atoms with Crippen LogP contribution in [0, 0.1) is 0 Å². The molecular weight excluding hydrogens is 678 g/mol. The maximum Gasteiger partial charge on any atom is 0.170 e. The highest BCUT2D eigenvalue weighted by atomic mass is 79.9. The van der Waals surface area contributed by atoms with Crippen LogP contribution in [0.5, 0.6) is 0 Å². The van der Waals surface area contributed by atoms with Gasteiger partial charge in [0, 0.05) is 33.4 Å². The van der Waals surface area contributed by atoms with Crippen molar-refractivity contribution in [1.29, 1.82) is 0 Å². The second-order valence-corrected chi connectivity index (χ2v) is 14.8. The maximum absolute atomic E-state index is 6.44. The molecule has 0 unspecified atom stereocenters. The van der Waals surface area contributed by atoms with Crippen LogP contribution in [0.2, 0.25) is 0 Å². The molecule has 9 rings (SSSR count). The molecule has 9 aromatic rings. The predicted molar refractivity (Wildman–Crippen MR) is 213 cm³/mol. The van der Waals surface area contributed by atoms with Gasteiger partial charge in [0.05, 0.1) is 0 Å². The number of halogens is 1. The summed E-state index contributed by atoms with van der Waals surface area (Å²) in [5.41, 5.74) is 9.93. The van der Waals surface area contributed by atoms with Gasteiger partial charge in [-0.1, -0.05) is 93.6 Å². The van der Waals surface area contributed by atoms with Crippen LogP contribution in [0.25, 0.3) is 65.9 Å². The zero-order valence-electron chi connectivity index (χ0n) is 28.1. The van der Waals surface area contributed by atoms with Crippen molar-refractivity contribution >= 4 is 76.5 Å². The van der Waals surface area contributed by atoms with Crippen molar-refractivity contribution in [1.82, 2.24) is 0 Å². The lowest BCUT2D eigenvalue weighted by Gasteiger charge is -2.27. The van der Waals surface area contributed by atoms with Crippen LogP contribution in [-0.4, -0.2) is 0 Å². The molecule has 3 nitrogen and oxygen atoms in total. The minimum atomic E-state index is 0.0814. The van der Waals surface area contributed by atoms with Crippen LogP contribution in [0.3, 0.4) is 0 Å². The summed E-state index contributed by atoms with van der Waals surface area (Å²) >= 11 is 3.48. The SMILES string of the molecule is CC(C)(C)c1ccc(N(c2ccc(-c3ccccc3)cc2)c2ccc3cc(-c4cc5c(ccc6c7cc(Br)oc7ccc56)o4)ccc3c2)cc1. The quantitative estimate of drug-likeness (QED) is 0.178. The molecule has 7 aromatic carbocycles. The van der Waals surface area contributed by atoms with Crippen LogP contribution >= 0.6 is 15.9 Å². The highest BCUT2D eigenvalue weighted by Gasteiger charge is 2.18. The molecule has 0 aliphatic heterocycles. The Kier molecular flexibility index (Phi) is 7.18. The van der Waals surface area contributed by atoms with E-state index in [9.17, 15) is 0 Å². The van der Waals surface area contributed by atoms with Gasteiger partial charge in [-0.15, -0.1) is 0 Å². The Bertz CT molecular complexity index is 2680. The summed E-state index contributed by atoms with van der Waals surface area (Å²) in [6, 6.07) is 54.2. The third kappa shape index (κ3) is 5.37. The molecule has 50 heavy (non-hydrogen) atoms. The van der Waals surface area contributed by atoms with Crippen LogP contribution in [0.4, 0.5) is 17.1 Å². The van der Waals surface area contributed by atoms with Gasteiger partial charge in [-0.25, -0.2) is 0 Å². The predicted octanol–water partition coefficient (Wildman–Crippen LogP) is 14.3. The zero-order chi connectivity index (χ0) is 34.0. The Morgan fingerprint density at radius 2 is 1.02 bits per heavy atom. The van der Waals surface area contributed by atoms with Crippen molar-refractivity contribution in [2.45, 2.75) is 26.2 Å². The standard InChI is InChI=1S/C46H34BrNO2/c1-46(2,3)34-14-19-36(20-15-34)48(35-16-11-30(12-17-35)29-7-5-4-6-8-29)37-18-13-31-25-33(10-9-32(31)26-37)44-27-40-38-22-24-43-41(28-45(47)50-43)39(38)21-23-42(40)49-44/h4-28H,1-3H3. The summed E-state index contributed by atoms with van der Waals surface area (Å²) in [7, 11) is 0. The maximum atomic E-state index is 6.44. The van der Waals surface area contributed by atoms with Gasteiger partial charge < -0.3 is 13.7 Å².